The molecule has 3 aromatic rings. The Hall–Kier alpha value is -3.55. The number of fused-ring (bicyclic) bond motifs is 1. The number of hydrogen-bond donors (Lipinski definition) is 1. The number of amides is 1. The molecule has 0 aliphatic rings. The number of nitrogens with zero attached hydrogens (tertiary/aromatic N) is 2. The van der Waals surface area contributed by atoms with Crippen molar-refractivity contribution in [2.75, 3.05) is 26.6 Å². The van der Waals surface area contributed by atoms with E-state index in [1.807, 2.05) is 13.0 Å². The lowest BCUT2D eigenvalue weighted by molar-refractivity contribution is -0.116. The number of aryl methyl sites for hydroxylation is 1. The summed E-state index contributed by atoms with van der Waals surface area (Å²) in [6.45, 7) is 1.72. The lowest BCUT2D eigenvalue weighted by Crippen LogP contribution is -2.28. The molecule has 0 saturated heterocycles. The van der Waals surface area contributed by atoms with Gasteiger partial charge in [0.25, 0.3) is 5.56 Å². The maximum atomic E-state index is 12.6. The first-order chi connectivity index (χ1) is 13.5. The van der Waals surface area contributed by atoms with Gasteiger partial charge in [-0.3, -0.25) is 14.2 Å². The highest BCUT2D eigenvalue weighted by Crippen LogP contribution is 2.39. The van der Waals surface area contributed by atoms with Gasteiger partial charge in [0.15, 0.2) is 11.5 Å². The molecule has 0 saturated carbocycles. The molecule has 28 heavy (non-hydrogen) atoms. The minimum Gasteiger partial charge on any atom is -0.493 e. The molecular weight excluding hydrogens is 362 g/mol. The number of aromatic nitrogens is 2. The normalized spacial score (nSPS) is 10.6. The van der Waals surface area contributed by atoms with E-state index in [1.54, 1.807) is 24.3 Å². The van der Waals surface area contributed by atoms with E-state index >= 15 is 0 Å². The number of hydrogen-bond acceptors (Lipinski definition) is 6. The number of nitrogens with one attached hydrogen (secondary N) is 1. The van der Waals surface area contributed by atoms with Crippen LogP contribution in [0, 0.1) is 6.92 Å². The maximum absolute atomic E-state index is 12.6. The van der Waals surface area contributed by atoms with E-state index in [2.05, 4.69) is 10.3 Å². The number of ether oxygens (including phenoxy) is 3. The zero-order valence-corrected chi connectivity index (χ0v) is 16.1. The van der Waals surface area contributed by atoms with E-state index in [-0.39, 0.29) is 18.0 Å². The van der Waals surface area contributed by atoms with Gasteiger partial charge in [0.1, 0.15) is 6.54 Å². The number of carbonyl (C=O) groups is 1. The molecule has 1 N–H and O–H groups in total. The summed E-state index contributed by atoms with van der Waals surface area (Å²) in [5, 5.41) is 3.21. The average molecular weight is 383 g/mol. The lowest BCUT2D eigenvalue weighted by Gasteiger charge is -2.15. The van der Waals surface area contributed by atoms with Gasteiger partial charge >= 0.3 is 0 Å². The minimum absolute atomic E-state index is 0.174. The van der Waals surface area contributed by atoms with Crippen LogP contribution in [0.2, 0.25) is 0 Å². The highest BCUT2D eigenvalue weighted by Gasteiger charge is 2.15. The molecule has 1 aromatic heterocycles. The first-order valence-corrected chi connectivity index (χ1v) is 8.52. The molecule has 0 unspecified atom stereocenters. The van der Waals surface area contributed by atoms with Crippen LogP contribution in [0.3, 0.4) is 0 Å². The van der Waals surface area contributed by atoms with Gasteiger partial charge in [0, 0.05) is 17.8 Å². The molecule has 1 heterocycles. The summed E-state index contributed by atoms with van der Waals surface area (Å²) >= 11 is 0. The second-order valence-corrected chi connectivity index (χ2v) is 6.16. The van der Waals surface area contributed by atoms with Crippen molar-refractivity contribution in [2.24, 2.45) is 0 Å². The minimum atomic E-state index is -0.384. The quantitative estimate of drug-likeness (QED) is 0.703. The first kappa shape index (κ1) is 19.2. The van der Waals surface area contributed by atoms with Gasteiger partial charge in [-0.2, -0.15) is 0 Å². The summed E-state index contributed by atoms with van der Waals surface area (Å²) in [5.41, 5.74) is 1.73. The van der Waals surface area contributed by atoms with Gasteiger partial charge in [-0.05, 0) is 19.1 Å². The van der Waals surface area contributed by atoms with Crippen LogP contribution < -0.4 is 25.1 Å². The first-order valence-electron chi connectivity index (χ1n) is 8.52. The van der Waals surface area contributed by atoms with E-state index in [0.29, 0.717) is 33.8 Å². The molecule has 0 radical (unpaired) electrons. The summed E-state index contributed by atoms with van der Waals surface area (Å²) in [6, 6.07) is 8.66. The Labute approximate surface area is 161 Å². The summed E-state index contributed by atoms with van der Waals surface area (Å²) in [5.74, 6) is 0.868. The van der Waals surface area contributed by atoms with Gasteiger partial charge in [-0.1, -0.05) is 11.6 Å². The Kier molecular flexibility index (Phi) is 5.49. The van der Waals surface area contributed by atoms with Crippen LogP contribution in [0.4, 0.5) is 5.69 Å². The van der Waals surface area contributed by atoms with Gasteiger partial charge in [-0.25, -0.2) is 4.98 Å². The van der Waals surface area contributed by atoms with E-state index < -0.39 is 0 Å². The molecule has 0 fully saturated rings. The number of benzene rings is 2. The standard InChI is InChI=1S/C20H21N3O5/c1-12-5-6-15-14(7-12)20(25)23(11-21-15)10-18(24)22-13-8-16(26-2)19(28-4)17(9-13)27-3/h5-9,11H,10H2,1-4H3,(H,22,24). The predicted molar refractivity (Wildman–Crippen MR) is 105 cm³/mol. The predicted octanol–water partition coefficient (Wildman–Crippen LogP) is 2.37. The van der Waals surface area contributed by atoms with Crippen molar-refractivity contribution in [1.29, 1.82) is 0 Å². The van der Waals surface area contributed by atoms with Crippen LogP contribution in [-0.4, -0.2) is 36.8 Å². The third-order valence-corrected chi connectivity index (χ3v) is 4.24. The lowest BCUT2D eigenvalue weighted by atomic mass is 10.2. The average Bonchev–Trinajstić information content (AvgIpc) is 2.69. The van der Waals surface area contributed by atoms with Crippen LogP contribution in [0.15, 0.2) is 41.5 Å². The molecule has 146 valence electrons. The third-order valence-electron chi connectivity index (χ3n) is 4.24. The number of carbonyl (C=O) groups excluding carboxylic acids is 1. The van der Waals surface area contributed by atoms with Crippen molar-refractivity contribution >= 4 is 22.5 Å². The highest BCUT2D eigenvalue weighted by molar-refractivity contribution is 5.91. The van der Waals surface area contributed by atoms with Crippen molar-refractivity contribution < 1.29 is 19.0 Å². The summed E-state index contributed by atoms with van der Waals surface area (Å²) < 4.78 is 17.1. The van der Waals surface area contributed by atoms with Crippen molar-refractivity contribution in [3.05, 3.63) is 52.6 Å². The van der Waals surface area contributed by atoms with Crippen molar-refractivity contribution in [1.82, 2.24) is 9.55 Å². The molecule has 0 atom stereocenters. The van der Waals surface area contributed by atoms with Crippen LogP contribution >= 0.6 is 0 Å². The van der Waals surface area contributed by atoms with Crippen LogP contribution in [0.1, 0.15) is 5.56 Å². The van der Waals surface area contributed by atoms with Gasteiger partial charge < -0.3 is 19.5 Å². The van der Waals surface area contributed by atoms with Crippen LogP contribution in [0.5, 0.6) is 17.2 Å². The molecule has 2 aromatic carbocycles. The number of rotatable bonds is 6. The van der Waals surface area contributed by atoms with Crippen molar-refractivity contribution in [3.63, 3.8) is 0 Å². The zero-order valence-electron chi connectivity index (χ0n) is 16.1. The summed E-state index contributed by atoms with van der Waals surface area (Å²) in [4.78, 5) is 29.4. The van der Waals surface area contributed by atoms with Crippen molar-refractivity contribution in [3.8, 4) is 17.2 Å². The molecule has 1 amide bonds. The fraction of sp³-hybridized carbons (Fsp3) is 0.250. The monoisotopic (exact) mass is 383 g/mol. The van der Waals surface area contributed by atoms with Crippen molar-refractivity contribution in [2.45, 2.75) is 13.5 Å². The Morgan fingerprint density at radius 3 is 2.36 bits per heavy atom. The largest absolute Gasteiger partial charge is 0.493 e. The Balaban J connectivity index is 1.86. The molecule has 8 nitrogen and oxygen atoms in total. The maximum Gasteiger partial charge on any atom is 0.261 e. The van der Waals surface area contributed by atoms with Crippen LogP contribution in [-0.2, 0) is 11.3 Å². The fourth-order valence-electron chi connectivity index (χ4n) is 2.89. The molecule has 0 bridgehead atoms. The summed E-state index contributed by atoms with van der Waals surface area (Å²) in [6.07, 6.45) is 1.37. The van der Waals surface area contributed by atoms with E-state index in [4.69, 9.17) is 14.2 Å². The molecule has 0 aliphatic heterocycles. The SMILES string of the molecule is COc1cc(NC(=O)Cn2cnc3ccc(C)cc3c2=O)cc(OC)c1OC. The Morgan fingerprint density at radius 2 is 1.75 bits per heavy atom. The Morgan fingerprint density at radius 1 is 1.07 bits per heavy atom. The van der Waals surface area contributed by atoms with Gasteiger partial charge in [0.05, 0.1) is 38.6 Å². The summed E-state index contributed by atoms with van der Waals surface area (Å²) in [7, 11) is 4.48. The molecule has 3 rings (SSSR count). The second-order valence-electron chi connectivity index (χ2n) is 6.16. The molecular formula is C20H21N3O5. The molecule has 0 spiro atoms. The smallest absolute Gasteiger partial charge is 0.261 e. The van der Waals surface area contributed by atoms with Crippen LogP contribution in [0.25, 0.3) is 10.9 Å². The van der Waals surface area contributed by atoms with E-state index in [0.717, 1.165) is 5.56 Å². The second kappa shape index (κ2) is 7.99. The van der Waals surface area contributed by atoms with Gasteiger partial charge in [-0.15, -0.1) is 0 Å². The topological polar surface area (TPSA) is 91.7 Å². The highest BCUT2D eigenvalue weighted by atomic mass is 16.5. The zero-order chi connectivity index (χ0) is 20.3. The Bertz CT molecular complexity index is 1070. The fourth-order valence-corrected chi connectivity index (χ4v) is 2.89. The van der Waals surface area contributed by atoms with E-state index in [9.17, 15) is 9.59 Å². The number of anilines is 1. The third kappa shape index (κ3) is 3.75. The van der Waals surface area contributed by atoms with E-state index in [1.165, 1.54) is 32.2 Å². The number of methoxy groups -OCH3 is 3. The van der Waals surface area contributed by atoms with Gasteiger partial charge in [0.2, 0.25) is 11.7 Å². The molecule has 8 heteroatoms. The molecule has 0 aliphatic carbocycles.